The molecule has 1 atom stereocenters. The first-order chi connectivity index (χ1) is 13.0. The Morgan fingerprint density at radius 1 is 1.33 bits per heavy atom. The molecule has 1 heterocycles. The van der Waals surface area contributed by atoms with Gasteiger partial charge in [0.1, 0.15) is 11.9 Å². The van der Waals surface area contributed by atoms with Crippen LogP contribution >= 0.6 is 0 Å². The highest BCUT2D eigenvalue weighted by Crippen LogP contribution is 2.25. The fourth-order valence-corrected chi connectivity index (χ4v) is 3.02. The van der Waals surface area contributed by atoms with Gasteiger partial charge in [-0.2, -0.15) is 0 Å². The number of nitrogens with one attached hydrogen (secondary N) is 2. The van der Waals surface area contributed by atoms with Crippen molar-refractivity contribution in [2.45, 2.75) is 32.9 Å². The first-order valence-corrected chi connectivity index (χ1v) is 9.35. The molecule has 5 nitrogen and oxygen atoms in total. The summed E-state index contributed by atoms with van der Waals surface area (Å²) < 4.78 is 24.3. The van der Waals surface area contributed by atoms with E-state index in [0.717, 1.165) is 31.5 Å². The van der Waals surface area contributed by atoms with Crippen molar-refractivity contribution in [1.29, 1.82) is 0 Å². The first kappa shape index (κ1) is 21.0. The van der Waals surface area contributed by atoms with E-state index >= 15 is 0 Å². The summed E-state index contributed by atoms with van der Waals surface area (Å²) in [5, 5.41) is 6.04. The Hall–Kier alpha value is -2.34. The van der Waals surface area contributed by atoms with E-state index in [9.17, 15) is 9.18 Å². The van der Waals surface area contributed by atoms with Gasteiger partial charge in [0, 0.05) is 11.3 Å². The number of amides is 1. The number of rotatable bonds is 7. The number of piperidine rings is 1. The molecule has 148 valence electrons. The molecule has 1 aromatic rings. The number of allylic oxidation sites excluding steroid dienone is 3. The number of alkyl carbamates (subject to hydrolysis) is 1. The van der Waals surface area contributed by atoms with Gasteiger partial charge in [0.25, 0.3) is 0 Å². The molecule has 2 N–H and O–H groups in total. The van der Waals surface area contributed by atoms with Crippen LogP contribution in [-0.4, -0.2) is 39.1 Å². The molecule has 0 radical (unpaired) electrons. The zero-order valence-corrected chi connectivity index (χ0v) is 16.3. The van der Waals surface area contributed by atoms with Crippen molar-refractivity contribution in [1.82, 2.24) is 10.6 Å². The number of alkyl halides is 1. The Morgan fingerprint density at radius 3 is 2.56 bits per heavy atom. The van der Waals surface area contributed by atoms with Crippen LogP contribution in [0.3, 0.4) is 0 Å². The third kappa shape index (κ3) is 6.71. The van der Waals surface area contributed by atoms with Crippen molar-refractivity contribution in [2.24, 2.45) is 5.92 Å². The van der Waals surface area contributed by atoms with Crippen molar-refractivity contribution in [3.8, 4) is 5.75 Å². The van der Waals surface area contributed by atoms with E-state index in [4.69, 9.17) is 9.47 Å². The van der Waals surface area contributed by atoms with Crippen LogP contribution in [0.2, 0.25) is 0 Å². The molecular formula is C21H29FN2O3. The second kappa shape index (κ2) is 10.7. The third-order valence-corrected chi connectivity index (χ3v) is 4.52. The Kier molecular flexibility index (Phi) is 8.33. The van der Waals surface area contributed by atoms with Gasteiger partial charge < -0.3 is 14.8 Å². The van der Waals surface area contributed by atoms with Gasteiger partial charge in [-0.15, -0.1) is 0 Å². The summed E-state index contributed by atoms with van der Waals surface area (Å²) in [6, 6.07) is 7.26. The van der Waals surface area contributed by atoms with Gasteiger partial charge in [0.2, 0.25) is 0 Å². The van der Waals surface area contributed by atoms with Gasteiger partial charge in [0.05, 0.1) is 13.7 Å². The molecule has 1 aliphatic rings. The zero-order valence-electron chi connectivity index (χ0n) is 16.3. The smallest absolute Gasteiger partial charge is 0.411 e. The molecule has 0 spiro atoms. The summed E-state index contributed by atoms with van der Waals surface area (Å²) in [6.45, 7) is 5.55. The molecule has 0 bridgehead atoms. The van der Waals surface area contributed by atoms with Gasteiger partial charge in [-0.1, -0.05) is 18.2 Å². The Bertz CT molecular complexity index is 663. The highest BCUT2D eigenvalue weighted by Gasteiger charge is 2.17. The molecule has 2 rings (SSSR count). The average molecular weight is 376 g/mol. The van der Waals surface area contributed by atoms with Crippen LogP contribution < -0.4 is 15.4 Å². The number of carbonyl (C=O) groups is 1. The quantitative estimate of drug-likeness (QED) is 0.705. The minimum absolute atomic E-state index is 0.383. The van der Waals surface area contributed by atoms with Crippen LogP contribution in [0.1, 0.15) is 32.3 Å². The lowest BCUT2D eigenvalue weighted by Crippen LogP contribution is -2.32. The van der Waals surface area contributed by atoms with E-state index in [0.29, 0.717) is 29.5 Å². The van der Waals surface area contributed by atoms with Crippen LogP contribution in [0.15, 0.2) is 42.1 Å². The molecule has 0 aliphatic carbocycles. The summed E-state index contributed by atoms with van der Waals surface area (Å²) in [5.41, 5.74) is 1.90. The molecule has 0 saturated carbocycles. The topological polar surface area (TPSA) is 59.6 Å². The molecule has 6 heteroatoms. The number of hydrogen-bond acceptors (Lipinski definition) is 4. The standard InChI is InChI=1S/C21H29FN2O3/c1-4-20(24-21(25)27-14-16-9-11-23-12-10-16)19(13-15(2)22)17-5-7-18(26-3)8-6-17/h4-8,13,15-16,23H,9-12,14H2,1-3H3,(H,24,25)/b19-13-,20-4+. The Labute approximate surface area is 160 Å². The van der Waals surface area contributed by atoms with Gasteiger partial charge in [-0.05, 0) is 69.5 Å². The summed E-state index contributed by atoms with van der Waals surface area (Å²) in [6.07, 6.45) is 3.53. The van der Waals surface area contributed by atoms with Crippen LogP contribution in [-0.2, 0) is 4.74 Å². The maximum Gasteiger partial charge on any atom is 0.411 e. The largest absolute Gasteiger partial charge is 0.497 e. The van der Waals surface area contributed by atoms with E-state index < -0.39 is 12.3 Å². The van der Waals surface area contributed by atoms with Gasteiger partial charge in [0.15, 0.2) is 0 Å². The number of benzene rings is 1. The zero-order chi connectivity index (χ0) is 19.6. The molecule has 1 fully saturated rings. The van der Waals surface area contributed by atoms with Crippen LogP contribution in [0, 0.1) is 5.92 Å². The number of halogens is 1. The number of ether oxygens (including phenoxy) is 2. The minimum atomic E-state index is -1.16. The summed E-state index contributed by atoms with van der Waals surface area (Å²) in [5.74, 6) is 1.09. The van der Waals surface area contributed by atoms with Crippen molar-refractivity contribution in [2.75, 3.05) is 26.8 Å². The van der Waals surface area contributed by atoms with E-state index in [1.165, 1.54) is 13.0 Å². The number of hydrogen-bond donors (Lipinski definition) is 2. The molecule has 1 aliphatic heterocycles. The van der Waals surface area contributed by atoms with E-state index in [1.54, 1.807) is 32.2 Å². The molecule has 0 aromatic heterocycles. The second-order valence-corrected chi connectivity index (χ2v) is 6.61. The molecule has 1 aromatic carbocycles. The summed E-state index contributed by atoms with van der Waals surface area (Å²) in [7, 11) is 1.59. The maximum absolute atomic E-state index is 13.7. The lowest BCUT2D eigenvalue weighted by Gasteiger charge is -2.22. The van der Waals surface area contributed by atoms with Gasteiger partial charge in [-0.25, -0.2) is 9.18 Å². The monoisotopic (exact) mass is 376 g/mol. The predicted molar refractivity (Wildman–Crippen MR) is 105 cm³/mol. The van der Waals surface area contributed by atoms with E-state index in [1.807, 2.05) is 12.1 Å². The fourth-order valence-electron chi connectivity index (χ4n) is 3.02. The van der Waals surface area contributed by atoms with Gasteiger partial charge >= 0.3 is 6.09 Å². The minimum Gasteiger partial charge on any atom is -0.497 e. The third-order valence-electron chi connectivity index (χ3n) is 4.52. The maximum atomic E-state index is 13.7. The normalized spacial score (nSPS) is 17.3. The van der Waals surface area contributed by atoms with Crippen molar-refractivity contribution >= 4 is 11.7 Å². The SMILES string of the molecule is C/C=C(NC(=O)OCC1CCNCC1)\C(=C/C(C)F)c1ccc(OC)cc1. The number of methoxy groups -OCH3 is 1. The van der Waals surface area contributed by atoms with E-state index in [-0.39, 0.29) is 0 Å². The molecule has 1 amide bonds. The van der Waals surface area contributed by atoms with Crippen molar-refractivity contribution in [3.63, 3.8) is 0 Å². The van der Waals surface area contributed by atoms with Crippen LogP contribution in [0.25, 0.3) is 5.57 Å². The van der Waals surface area contributed by atoms with Crippen LogP contribution in [0.5, 0.6) is 5.75 Å². The van der Waals surface area contributed by atoms with E-state index in [2.05, 4.69) is 10.6 Å². The van der Waals surface area contributed by atoms with Crippen LogP contribution in [0.4, 0.5) is 9.18 Å². The van der Waals surface area contributed by atoms with Crippen molar-refractivity contribution in [3.05, 3.63) is 47.7 Å². The highest BCUT2D eigenvalue weighted by molar-refractivity contribution is 5.84. The molecule has 1 unspecified atom stereocenters. The lowest BCUT2D eigenvalue weighted by atomic mass is 9.99. The predicted octanol–water partition coefficient (Wildman–Crippen LogP) is 4.07. The Balaban J connectivity index is 2.06. The molecule has 1 saturated heterocycles. The summed E-state index contributed by atoms with van der Waals surface area (Å²) in [4.78, 5) is 12.2. The fraction of sp³-hybridized carbons (Fsp3) is 0.476. The van der Waals surface area contributed by atoms with Crippen molar-refractivity contribution < 1.29 is 18.7 Å². The Morgan fingerprint density at radius 2 is 2.00 bits per heavy atom. The lowest BCUT2D eigenvalue weighted by molar-refractivity contribution is 0.120. The number of carbonyl (C=O) groups excluding carboxylic acids is 1. The summed E-state index contributed by atoms with van der Waals surface area (Å²) >= 11 is 0. The first-order valence-electron chi connectivity index (χ1n) is 9.35. The average Bonchev–Trinajstić information content (AvgIpc) is 2.69. The van der Waals surface area contributed by atoms with Gasteiger partial charge in [-0.3, -0.25) is 5.32 Å². The second-order valence-electron chi connectivity index (χ2n) is 6.61. The highest BCUT2D eigenvalue weighted by atomic mass is 19.1. The molecule has 27 heavy (non-hydrogen) atoms. The molecular weight excluding hydrogens is 347 g/mol.